The van der Waals surface area contributed by atoms with E-state index in [0.717, 1.165) is 70.6 Å². The van der Waals surface area contributed by atoms with E-state index in [1.165, 1.54) is 231 Å². The van der Waals surface area contributed by atoms with Gasteiger partial charge >= 0.3 is 0 Å². The molecule has 0 saturated carbocycles. The summed E-state index contributed by atoms with van der Waals surface area (Å²) in [6.45, 7) is 4.20. The molecule has 0 radical (unpaired) electrons. The lowest BCUT2D eigenvalue weighted by Gasteiger charge is -2.19. The van der Waals surface area contributed by atoms with Crippen molar-refractivity contribution in [1.82, 2.24) is 5.32 Å². The van der Waals surface area contributed by atoms with Crippen LogP contribution in [-0.2, 0) is 4.79 Å². The minimum absolute atomic E-state index is 0.0798. The van der Waals surface area contributed by atoms with E-state index in [-0.39, 0.29) is 12.5 Å². The molecular weight excluding hydrogens is 903 g/mol. The van der Waals surface area contributed by atoms with E-state index >= 15 is 0 Å². The minimum Gasteiger partial charge on any atom is -0.394 e. The van der Waals surface area contributed by atoms with Crippen molar-refractivity contribution in [3.05, 3.63) is 97.2 Å². The van der Waals surface area contributed by atoms with Gasteiger partial charge in [-0.2, -0.15) is 0 Å². The number of amides is 1. The van der Waals surface area contributed by atoms with Crippen molar-refractivity contribution in [3.8, 4) is 0 Å². The van der Waals surface area contributed by atoms with Crippen LogP contribution in [0.5, 0.6) is 0 Å². The zero-order chi connectivity index (χ0) is 53.4. The molecule has 0 heterocycles. The molecule has 0 aliphatic heterocycles. The van der Waals surface area contributed by atoms with Crippen LogP contribution in [-0.4, -0.2) is 34.9 Å². The highest BCUT2D eigenvalue weighted by Gasteiger charge is 2.18. The fraction of sp³-hybridized carbons (Fsp3) is 0.757. The van der Waals surface area contributed by atoms with Gasteiger partial charge in [-0.1, -0.05) is 323 Å². The quantitative estimate of drug-likeness (QED) is 0.0420. The Balaban J connectivity index is 3.54. The predicted molar refractivity (Wildman–Crippen MR) is 331 cm³/mol. The second-order valence-electron chi connectivity index (χ2n) is 21.8. The van der Waals surface area contributed by atoms with Gasteiger partial charge in [0.15, 0.2) is 0 Å². The zero-order valence-electron chi connectivity index (χ0n) is 49.3. The Morgan fingerprint density at radius 3 is 0.946 bits per heavy atom. The summed E-state index contributed by atoms with van der Waals surface area (Å²) in [5.41, 5.74) is 0. The van der Waals surface area contributed by atoms with Gasteiger partial charge in [-0.05, 0) is 89.9 Å². The molecule has 2 atom stereocenters. The van der Waals surface area contributed by atoms with Gasteiger partial charge in [0.25, 0.3) is 0 Å². The average Bonchev–Trinajstić information content (AvgIpc) is 3.40. The van der Waals surface area contributed by atoms with Crippen LogP contribution in [0.1, 0.15) is 322 Å². The first-order valence-electron chi connectivity index (χ1n) is 32.5. The Hall–Kier alpha value is -2.69. The minimum atomic E-state index is -0.878. The molecule has 0 saturated heterocycles. The van der Waals surface area contributed by atoms with Crippen LogP contribution in [0.3, 0.4) is 0 Å². The third-order valence-corrected chi connectivity index (χ3v) is 14.5. The fourth-order valence-electron chi connectivity index (χ4n) is 9.65. The lowest BCUT2D eigenvalue weighted by Crippen LogP contribution is -2.45. The number of aliphatic hydroxyl groups excluding tert-OH is 2. The topological polar surface area (TPSA) is 69.6 Å². The Labute approximate surface area is 462 Å². The van der Waals surface area contributed by atoms with Crippen molar-refractivity contribution in [2.45, 2.75) is 334 Å². The first kappa shape index (κ1) is 71.3. The van der Waals surface area contributed by atoms with E-state index in [9.17, 15) is 15.0 Å². The van der Waals surface area contributed by atoms with Crippen LogP contribution in [0, 0.1) is 0 Å². The summed E-state index contributed by atoms with van der Waals surface area (Å²) < 4.78 is 0. The first-order chi connectivity index (χ1) is 36.7. The second kappa shape index (κ2) is 64.6. The van der Waals surface area contributed by atoms with Crippen molar-refractivity contribution >= 4 is 5.91 Å². The summed E-state index contributed by atoms with van der Waals surface area (Å²) in [6, 6.07) is -0.654. The molecule has 0 rings (SSSR count). The predicted octanol–water partition coefficient (Wildman–Crippen LogP) is 22.0. The van der Waals surface area contributed by atoms with Gasteiger partial charge < -0.3 is 15.5 Å². The van der Waals surface area contributed by atoms with Crippen LogP contribution in [0.4, 0.5) is 0 Å². The summed E-state index contributed by atoms with van der Waals surface area (Å²) in [5.74, 6) is -0.0798. The van der Waals surface area contributed by atoms with Gasteiger partial charge in [-0.15, -0.1) is 0 Å². The molecule has 0 aliphatic rings. The number of hydrogen-bond donors (Lipinski definition) is 3. The van der Waals surface area contributed by atoms with Gasteiger partial charge in [0.2, 0.25) is 5.91 Å². The number of aliphatic hydroxyl groups is 2. The highest BCUT2D eigenvalue weighted by atomic mass is 16.3. The van der Waals surface area contributed by atoms with E-state index in [1.807, 2.05) is 6.08 Å². The Morgan fingerprint density at radius 2 is 0.608 bits per heavy atom. The molecule has 0 aromatic heterocycles. The third kappa shape index (κ3) is 60.2. The van der Waals surface area contributed by atoms with Gasteiger partial charge in [0.1, 0.15) is 0 Å². The smallest absolute Gasteiger partial charge is 0.220 e. The maximum absolute atomic E-state index is 12.5. The molecule has 0 spiro atoms. The maximum Gasteiger partial charge on any atom is 0.220 e. The summed E-state index contributed by atoms with van der Waals surface area (Å²) in [4.78, 5) is 12.5. The van der Waals surface area contributed by atoms with Crippen LogP contribution in [0.15, 0.2) is 97.2 Å². The Morgan fingerprint density at radius 1 is 0.338 bits per heavy atom. The molecule has 1 amide bonds. The molecule has 0 fully saturated rings. The maximum atomic E-state index is 12.5. The lowest BCUT2D eigenvalue weighted by molar-refractivity contribution is -0.123. The highest BCUT2D eigenvalue weighted by molar-refractivity contribution is 5.76. The monoisotopic (exact) mass is 1030 g/mol. The van der Waals surface area contributed by atoms with Gasteiger partial charge in [0.05, 0.1) is 18.8 Å². The molecule has 0 aromatic rings. The summed E-state index contributed by atoms with van der Waals surface area (Å²) in [7, 11) is 0. The molecule has 2 unspecified atom stereocenters. The number of carbonyl (C=O) groups excluding carboxylic acids is 1. The Kier molecular flexibility index (Phi) is 62.2. The fourth-order valence-corrected chi connectivity index (χ4v) is 9.65. The van der Waals surface area contributed by atoms with Crippen molar-refractivity contribution in [2.24, 2.45) is 0 Å². The SMILES string of the molecule is CC/C=C\C/C=C\C/C=C\C/C=C\C/C=C\CCCCCCCCCCCCCCCC(=O)NC(CO)C(O)/C=C/CC/C=C/CC/C=C/CCCCCCCCCCCCCCCCCCCCCCCCC. The van der Waals surface area contributed by atoms with E-state index in [4.69, 9.17) is 0 Å². The molecule has 0 bridgehead atoms. The van der Waals surface area contributed by atoms with Crippen molar-refractivity contribution in [3.63, 3.8) is 0 Å². The number of rotatable bonds is 59. The van der Waals surface area contributed by atoms with E-state index < -0.39 is 12.1 Å². The number of unbranched alkanes of at least 4 members (excludes halogenated alkanes) is 38. The molecule has 0 aliphatic carbocycles. The van der Waals surface area contributed by atoms with E-state index in [2.05, 4.69) is 104 Å². The van der Waals surface area contributed by atoms with Crippen molar-refractivity contribution in [1.29, 1.82) is 0 Å². The van der Waals surface area contributed by atoms with Gasteiger partial charge in [-0.25, -0.2) is 0 Å². The number of carbonyl (C=O) groups is 1. The van der Waals surface area contributed by atoms with E-state index in [0.29, 0.717) is 6.42 Å². The van der Waals surface area contributed by atoms with Crippen LogP contribution >= 0.6 is 0 Å². The number of allylic oxidation sites excluding steroid dienone is 15. The molecule has 4 nitrogen and oxygen atoms in total. The number of nitrogens with one attached hydrogen (secondary N) is 1. The summed E-state index contributed by atoms with van der Waals surface area (Å²) in [5, 5.41) is 23.2. The summed E-state index contributed by atoms with van der Waals surface area (Å²) >= 11 is 0. The zero-order valence-corrected chi connectivity index (χ0v) is 49.3. The molecule has 428 valence electrons. The van der Waals surface area contributed by atoms with Crippen LogP contribution in [0.25, 0.3) is 0 Å². The molecule has 74 heavy (non-hydrogen) atoms. The van der Waals surface area contributed by atoms with Gasteiger partial charge in [0, 0.05) is 6.42 Å². The average molecular weight is 1030 g/mol. The van der Waals surface area contributed by atoms with Gasteiger partial charge in [-0.3, -0.25) is 4.79 Å². The van der Waals surface area contributed by atoms with Crippen LogP contribution in [0.2, 0.25) is 0 Å². The van der Waals surface area contributed by atoms with Crippen LogP contribution < -0.4 is 5.32 Å². The lowest BCUT2D eigenvalue weighted by atomic mass is 10.0. The second-order valence-corrected chi connectivity index (χ2v) is 21.8. The molecule has 0 aromatic carbocycles. The largest absolute Gasteiger partial charge is 0.394 e. The third-order valence-electron chi connectivity index (χ3n) is 14.5. The first-order valence-corrected chi connectivity index (χ1v) is 32.5. The highest BCUT2D eigenvalue weighted by Crippen LogP contribution is 2.17. The molecule has 4 heteroatoms. The van der Waals surface area contributed by atoms with Crippen molar-refractivity contribution in [2.75, 3.05) is 6.61 Å². The van der Waals surface area contributed by atoms with Crippen molar-refractivity contribution < 1.29 is 15.0 Å². The molecular formula is C70H125NO3. The summed E-state index contributed by atoms with van der Waals surface area (Å²) in [6.07, 6.45) is 96.1. The number of hydrogen-bond acceptors (Lipinski definition) is 3. The Bertz CT molecular complexity index is 1350. The molecule has 3 N–H and O–H groups in total. The standard InChI is InChI=1S/C70H125NO3/c1-3-5-7-9-11-13-15-17-19-21-23-25-27-29-31-33-34-35-36-38-39-41-43-45-47-49-51-53-55-57-59-61-63-65-69(73)68(67-72)71-70(74)66-64-62-60-58-56-54-52-50-48-46-44-42-40-37-32-30-28-26-24-22-20-18-16-14-12-10-8-6-4-2/h6,8,12,14,18,20,24,26,30,32,47,49,55,57,63,65,68-69,72-73H,3-5,7,9-11,13,15-17,19,21-23,25,27-29,31,33-46,48,50-54,56,58-62,64,66-67H2,1-2H3,(H,71,74)/b8-6-,14-12-,20-18-,26-24-,32-30-,49-47+,57-55+,65-63+. The normalized spacial score (nSPS) is 13.4. The van der Waals surface area contributed by atoms with E-state index in [1.54, 1.807) is 6.08 Å².